The number of anilines is 1. The molecule has 1 saturated carbocycles. The Morgan fingerprint density at radius 1 is 1.10 bits per heavy atom. The first-order valence-corrected chi connectivity index (χ1v) is 11.8. The summed E-state index contributed by atoms with van der Waals surface area (Å²) in [5, 5.41) is 2.69. The number of aryl methyl sites for hydroxylation is 1. The van der Waals surface area contributed by atoms with E-state index in [0.29, 0.717) is 11.6 Å². The van der Waals surface area contributed by atoms with Gasteiger partial charge in [0, 0.05) is 11.7 Å². The van der Waals surface area contributed by atoms with Gasteiger partial charge in [0.1, 0.15) is 5.82 Å². The number of carbonyl (C=O) groups is 1. The number of nitrogens with one attached hydrogen (secondary N) is 2. The first-order chi connectivity index (χ1) is 14.1. The highest BCUT2D eigenvalue weighted by molar-refractivity contribution is 7.89. The van der Waals surface area contributed by atoms with Crippen molar-refractivity contribution in [3.05, 3.63) is 58.9 Å². The maximum atomic E-state index is 14.4. The summed E-state index contributed by atoms with van der Waals surface area (Å²) < 4.78 is 43.0. The Balaban J connectivity index is 1.85. The summed E-state index contributed by atoms with van der Waals surface area (Å²) in [6.45, 7) is 7.94. The van der Waals surface area contributed by atoms with Crippen LogP contribution in [-0.2, 0) is 10.0 Å². The Hall–Kier alpha value is -2.25. The summed E-state index contributed by atoms with van der Waals surface area (Å²) in [5.74, 6) is -0.811. The molecular formula is C23H29FN2O3S. The third-order valence-electron chi connectivity index (χ3n) is 6.36. The monoisotopic (exact) mass is 432 g/mol. The molecule has 0 radical (unpaired) electrons. The van der Waals surface area contributed by atoms with Crippen LogP contribution in [0.15, 0.2) is 41.3 Å². The highest BCUT2D eigenvalue weighted by Gasteiger charge is 2.31. The SMILES string of the molecule is Cc1cccc(NC(=O)c2cc(S(=O)(=O)NC3CCCC(C)C3C)ccc2F)c1C. The minimum absolute atomic E-state index is 0.111. The summed E-state index contributed by atoms with van der Waals surface area (Å²) >= 11 is 0. The van der Waals surface area contributed by atoms with Crippen molar-refractivity contribution in [3.63, 3.8) is 0 Å². The van der Waals surface area contributed by atoms with Crippen LogP contribution in [0, 0.1) is 31.5 Å². The lowest BCUT2D eigenvalue weighted by atomic mass is 9.78. The van der Waals surface area contributed by atoms with Gasteiger partial charge in [-0.25, -0.2) is 17.5 Å². The number of carbonyl (C=O) groups excluding carboxylic acids is 1. The number of sulfonamides is 1. The van der Waals surface area contributed by atoms with Crippen molar-refractivity contribution in [2.75, 3.05) is 5.32 Å². The third-order valence-corrected chi connectivity index (χ3v) is 7.85. The highest BCUT2D eigenvalue weighted by atomic mass is 32.2. The molecule has 2 N–H and O–H groups in total. The van der Waals surface area contributed by atoms with E-state index in [2.05, 4.69) is 17.0 Å². The van der Waals surface area contributed by atoms with Crippen molar-refractivity contribution < 1.29 is 17.6 Å². The average molecular weight is 433 g/mol. The van der Waals surface area contributed by atoms with Gasteiger partial charge in [-0.3, -0.25) is 4.79 Å². The van der Waals surface area contributed by atoms with Crippen LogP contribution in [0.5, 0.6) is 0 Å². The average Bonchev–Trinajstić information content (AvgIpc) is 2.69. The molecule has 3 unspecified atom stereocenters. The Labute approximate surface area is 178 Å². The number of hydrogen-bond donors (Lipinski definition) is 2. The molecule has 2 aromatic rings. The molecule has 0 aromatic heterocycles. The first-order valence-electron chi connectivity index (χ1n) is 10.3. The van der Waals surface area contributed by atoms with E-state index in [1.54, 1.807) is 12.1 Å². The molecule has 1 aliphatic carbocycles. The summed E-state index contributed by atoms with van der Waals surface area (Å²) in [7, 11) is -3.87. The van der Waals surface area contributed by atoms with Gasteiger partial charge in [-0.2, -0.15) is 0 Å². The van der Waals surface area contributed by atoms with Crippen molar-refractivity contribution in [3.8, 4) is 0 Å². The number of halogens is 1. The third kappa shape index (κ3) is 4.73. The van der Waals surface area contributed by atoms with Gasteiger partial charge in [-0.1, -0.05) is 38.8 Å². The molecule has 0 aliphatic heterocycles. The Bertz CT molecular complexity index is 1050. The minimum atomic E-state index is -3.87. The van der Waals surface area contributed by atoms with Crippen molar-refractivity contribution in [1.29, 1.82) is 0 Å². The fraction of sp³-hybridized carbons (Fsp3) is 0.435. The second kappa shape index (κ2) is 8.86. The summed E-state index contributed by atoms with van der Waals surface area (Å²) in [4.78, 5) is 12.6. The van der Waals surface area contributed by atoms with Crippen LogP contribution in [0.1, 0.15) is 54.6 Å². The van der Waals surface area contributed by atoms with E-state index >= 15 is 0 Å². The van der Waals surface area contributed by atoms with Gasteiger partial charge >= 0.3 is 0 Å². The number of benzene rings is 2. The predicted octanol–water partition coefficient (Wildman–Crippen LogP) is 4.80. The lowest BCUT2D eigenvalue weighted by Crippen LogP contribution is -2.43. The van der Waals surface area contributed by atoms with Crippen molar-refractivity contribution in [2.24, 2.45) is 11.8 Å². The molecule has 0 spiro atoms. The Kier molecular flexibility index (Phi) is 6.62. The van der Waals surface area contributed by atoms with Gasteiger partial charge in [0.15, 0.2) is 0 Å². The molecule has 3 rings (SSSR count). The van der Waals surface area contributed by atoms with Crippen molar-refractivity contribution >= 4 is 21.6 Å². The van der Waals surface area contributed by atoms with Crippen molar-refractivity contribution in [1.82, 2.24) is 4.72 Å². The largest absolute Gasteiger partial charge is 0.322 e. The first kappa shape index (κ1) is 22.4. The quantitative estimate of drug-likeness (QED) is 0.713. The van der Waals surface area contributed by atoms with Gasteiger partial charge in [-0.15, -0.1) is 0 Å². The molecule has 3 atom stereocenters. The molecule has 1 amide bonds. The minimum Gasteiger partial charge on any atom is -0.322 e. The smallest absolute Gasteiger partial charge is 0.258 e. The van der Waals surface area contributed by atoms with Gasteiger partial charge in [0.25, 0.3) is 5.91 Å². The van der Waals surface area contributed by atoms with Gasteiger partial charge in [0.2, 0.25) is 10.0 Å². The fourth-order valence-corrected chi connectivity index (χ4v) is 5.32. The molecule has 0 heterocycles. The van der Waals surface area contributed by atoms with Crippen LogP contribution < -0.4 is 10.0 Å². The molecule has 162 valence electrons. The van der Waals surface area contributed by atoms with Gasteiger partial charge < -0.3 is 5.32 Å². The van der Waals surface area contributed by atoms with Crippen molar-refractivity contribution in [2.45, 2.75) is 57.9 Å². The summed E-state index contributed by atoms with van der Waals surface area (Å²) in [6.07, 6.45) is 2.82. The van der Waals surface area contributed by atoms with Gasteiger partial charge in [-0.05, 0) is 67.5 Å². The van der Waals surface area contributed by atoms with Crippen LogP contribution in [0.2, 0.25) is 0 Å². The van der Waals surface area contributed by atoms with E-state index in [4.69, 9.17) is 0 Å². The van der Waals surface area contributed by atoms with Crippen LogP contribution in [0.25, 0.3) is 0 Å². The Morgan fingerprint density at radius 2 is 1.83 bits per heavy atom. The number of hydrogen-bond acceptors (Lipinski definition) is 3. The number of rotatable bonds is 5. The van der Waals surface area contributed by atoms with E-state index in [1.807, 2.05) is 26.8 Å². The summed E-state index contributed by atoms with van der Waals surface area (Å²) in [5.41, 5.74) is 2.13. The second-order valence-electron chi connectivity index (χ2n) is 8.34. The number of amides is 1. The molecule has 0 bridgehead atoms. The summed E-state index contributed by atoms with van der Waals surface area (Å²) in [6, 6.07) is 8.60. The van der Waals surface area contributed by atoms with Crippen LogP contribution in [-0.4, -0.2) is 20.4 Å². The second-order valence-corrected chi connectivity index (χ2v) is 10.1. The molecular weight excluding hydrogens is 403 g/mol. The zero-order valence-corrected chi connectivity index (χ0v) is 18.6. The van der Waals surface area contributed by atoms with Crippen LogP contribution >= 0.6 is 0 Å². The molecule has 1 fully saturated rings. The van der Waals surface area contributed by atoms with E-state index in [9.17, 15) is 17.6 Å². The maximum Gasteiger partial charge on any atom is 0.258 e. The zero-order valence-electron chi connectivity index (χ0n) is 17.8. The molecule has 1 aliphatic rings. The zero-order chi connectivity index (χ0) is 22.1. The molecule has 2 aromatic carbocycles. The van der Waals surface area contributed by atoms with E-state index in [-0.39, 0.29) is 22.4 Å². The molecule has 0 saturated heterocycles. The molecule has 7 heteroatoms. The van der Waals surface area contributed by atoms with E-state index in [1.165, 1.54) is 6.07 Å². The van der Waals surface area contributed by atoms with E-state index < -0.39 is 21.7 Å². The molecule has 5 nitrogen and oxygen atoms in total. The van der Waals surface area contributed by atoms with Crippen LogP contribution in [0.4, 0.5) is 10.1 Å². The van der Waals surface area contributed by atoms with E-state index in [0.717, 1.165) is 42.5 Å². The van der Waals surface area contributed by atoms with Gasteiger partial charge in [0.05, 0.1) is 10.5 Å². The highest BCUT2D eigenvalue weighted by Crippen LogP contribution is 2.30. The normalized spacial score (nSPS) is 22.0. The maximum absolute atomic E-state index is 14.4. The Morgan fingerprint density at radius 3 is 2.57 bits per heavy atom. The molecule has 30 heavy (non-hydrogen) atoms. The topological polar surface area (TPSA) is 75.3 Å². The lowest BCUT2D eigenvalue weighted by Gasteiger charge is -2.34. The predicted molar refractivity (Wildman–Crippen MR) is 117 cm³/mol. The van der Waals surface area contributed by atoms with Crippen LogP contribution in [0.3, 0.4) is 0 Å². The standard InChI is InChI=1S/C23H29FN2O3S/c1-14-7-5-9-21(16(14)3)25-23(27)19-13-18(11-12-20(19)24)30(28,29)26-22-10-6-8-15(2)17(22)4/h5,7,9,11-13,15,17,22,26H,6,8,10H2,1-4H3,(H,25,27). The fourth-order valence-electron chi connectivity index (χ4n) is 3.94. The lowest BCUT2D eigenvalue weighted by molar-refractivity contribution is 0.102.